The highest BCUT2D eigenvalue weighted by Crippen LogP contribution is 2.27. The minimum atomic E-state index is -1.67. The quantitative estimate of drug-likeness (QED) is 0.0423. The van der Waals surface area contributed by atoms with Crippen molar-refractivity contribution in [3.8, 4) is 0 Å². The number of aliphatic hydroxyl groups excluding tert-OH is 1. The first-order valence-electron chi connectivity index (χ1n) is 32.6. The van der Waals surface area contributed by atoms with Crippen LogP contribution in [-0.4, -0.2) is 244 Å². The number of hydrogen-bond acceptors (Lipinski definition) is 14. The number of nitrogens with one attached hydrogen (secondary N) is 4. The van der Waals surface area contributed by atoms with Crippen molar-refractivity contribution in [2.45, 2.75) is 228 Å². The van der Waals surface area contributed by atoms with E-state index in [4.69, 9.17) is 11.5 Å². The molecule has 1 aliphatic rings. The Bertz CT molecular complexity index is 2560. The maximum atomic E-state index is 15.3. The predicted molar refractivity (Wildman–Crippen MR) is 361 cm³/mol. The summed E-state index contributed by atoms with van der Waals surface area (Å²) in [4.78, 5) is 176. The molecule has 0 spiro atoms. The van der Waals surface area contributed by atoms with E-state index in [9.17, 15) is 29.1 Å². The van der Waals surface area contributed by atoms with Crippen molar-refractivity contribution in [1.29, 1.82) is 0 Å². The van der Waals surface area contributed by atoms with Crippen molar-refractivity contribution < 1.29 is 57.8 Å². The Kier molecular flexibility index (Phi) is 35.1. The van der Waals surface area contributed by atoms with Crippen molar-refractivity contribution in [2.24, 2.45) is 57.9 Å². The Hall–Kier alpha value is -6.51. The first kappa shape index (κ1) is 83.5. The third-order valence-corrected chi connectivity index (χ3v) is 18.1. The topological polar surface area (TPSA) is 343 Å². The number of thioether (sulfide) groups is 1. The Balaban J connectivity index is 4.54. The van der Waals surface area contributed by atoms with Gasteiger partial charge in [-0.15, -0.1) is 11.8 Å². The summed E-state index contributed by atoms with van der Waals surface area (Å²) in [6.45, 7) is 29.7. The van der Waals surface area contributed by atoms with Crippen LogP contribution in [0, 0.1) is 41.4 Å². The van der Waals surface area contributed by atoms with Gasteiger partial charge in [-0.3, -0.25) is 57.7 Å². The van der Waals surface area contributed by atoms with Gasteiger partial charge in [-0.25, -0.2) is 0 Å². The molecule has 1 aliphatic heterocycles. The highest BCUT2D eigenvalue weighted by molar-refractivity contribution is 8.00. The van der Waals surface area contributed by atoms with Gasteiger partial charge >= 0.3 is 0 Å². The van der Waals surface area contributed by atoms with Crippen molar-refractivity contribution in [3.63, 3.8) is 0 Å². The molecule has 1 saturated heterocycles. The molecule has 0 aromatic carbocycles. The van der Waals surface area contributed by atoms with Gasteiger partial charge in [-0.2, -0.15) is 0 Å². The number of aliphatic hydroxyl groups is 1. The molecule has 11 amide bonds. The largest absolute Gasteiger partial charge is 0.390 e. The van der Waals surface area contributed by atoms with Gasteiger partial charge < -0.3 is 72.1 Å². The summed E-state index contributed by atoms with van der Waals surface area (Å²) in [6, 6.07) is -12.8. The van der Waals surface area contributed by atoms with Crippen LogP contribution in [0.15, 0.2) is 17.1 Å². The van der Waals surface area contributed by atoms with Gasteiger partial charge in [0.25, 0.3) is 5.91 Å². The standard InChI is InChI=1S/C65H118N14O12S/c1-25-27-28-41(15)52(80)51-56(84)71-44(26-2)58(86)79(24)64(92-30-29-68-65(66)67)63(91)74(19)46(32-36(5)6)55(83)72-49(39(11)12)61(89)73(18)45(31-35(3)4)54(82)69-42(16)53(81)70-43(17)57(85)75(20)47(33-37(7)8)59(87)76(21)48(34-38(9)10)60(88)77(22)50(40(13)14)62(90)78(51)23/h25,27,35-52,64,80H,26,28-34H2,1-24H3,(H,69,82)(H,70,81)(H,71,84)(H,72,83)(H4,66,67,68)/b27-25+/t41-,42+,43-,44+,45+,46+,47+,48+,49+,50+,51+,52-,64-/m1/s1. The first-order chi connectivity index (χ1) is 42.5. The number of guanidine groups is 1. The van der Waals surface area contributed by atoms with E-state index in [0.29, 0.717) is 0 Å². The average molecular weight is 1320 g/mol. The molecule has 0 aromatic rings. The lowest BCUT2D eigenvalue weighted by Crippen LogP contribution is -2.64. The zero-order chi connectivity index (χ0) is 71.3. The number of rotatable bonds is 19. The average Bonchev–Trinajstić information content (AvgIpc) is 0.861. The van der Waals surface area contributed by atoms with Crippen LogP contribution in [0.4, 0.5) is 0 Å². The van der Waals surface area contributed by atoms with Crippen LogP contribution in [0.5, 0.6) is 0 Å². The Morgan fingerprint density at radius 1 is 0.500 bits per heavy atom. The van der Waals surface area contributed by atoms with Crippen LogP contribution in [-0.2, 0) is 52.7 Å². The minimum Gasteiger partial charge on any atom is -0.390 e. The molecule has 92 heavy (non-hydrogen) atoms. The molecule has 0 radical (unpaired) electrons. The fourth-order valence-corrected chi connectivity index (χ4v) is 12.3. The molecule has 0 aromatic heterocycles. The molecule has 9 N–H and O–H groups in total. The summed E-state index contributed by atoms with van der Waals surface area (Å²) < 4.78 is 0. The smallest absolute Gasteiger partial charge is 0.256 e. The number of likely N-dealkylation sites (N-methyl/N-ethyl adjacent to an activating group) is 7. The molecule has 0 aliphatic carbocycles. The summed E-state index contributed by atoms with van der Waals surface area (Å²) in [5.41, 5.74) is 11.3. The fraction of sp³-hybridized carbons (Fsp3) is 0.785. The van der Waals surface area contributed by atoms with Gasteiger partial charge in [0, 0.05) is 55.1 Å². The molecule has 1 rings (SSSR count). The number of nitrogens with two attached hydrogens (primary N) is 2. The molecular weight excluding hydrogens is 1200 g/mol. The molecule has 13 atom stereocenters. The molecule has 26 nitrogen and oxygen atoms in total. The Labute approximate surface area is 553 Å². The number of hydrogen-bond donors (Lipinski definition) is 7. The summed E-state index contributed by atoms with van der Waals surface area (Å²) in [7, 11) is 9.86. The maximum absolute atomic E-state index is 15.3. The summed E-state index contributed by atoms with van der Waals surface area (Å²) in [6.07, 6.45) is 2.76. The van der Waals surface area contributed by atoms with Gasteiger partial charge in [0.2, 0.25) is 59.1 Å². The van der Waals surface area contributed by atoms with E-state index in [2.05, 4.69) is 26.3 Å². The minimum absolute atomic E-state index is 0.0211. The molecule has 27 heteroatoms. The van der Waals surface area contributed by atoms with E-state index < -0.39 is 155 Å². The third kappa shape index (κ3) is 23.8. The van der Waals surface area contributed by atoms with Crippen LogP contribution in [0.25, 0.3) is 0 Å². The monoisotopic (exact) mass is 1320 g/mol. The van der Waals surface area contributed by atoms with Gasteiger partial charge in [-0.05, 0) is 101 Å². The number of aliphatic imine (C=N–C) groups is 1. The number of carbonyl (C=O) groups is 11. The molecule has 1 heterocycles. The SMILES string of the molecule is C/C=C/C[C@@H](C)[C@@H](O)[C@H]1C(=O)N[C@@H](CC)C(=O)N(C)[C@H](SCCN=C(N)N)C(=O)N(C)[C@@H](CC(C)C)C(=O)N[C@@H](C(C)C)C(=O)N(C)[C@@H](CC(C)C)C(=O)N[C@@H](C)C(=O)N[C@H](C)C(=O)N(C)[C@@H](CC(C)C)C(=O)N(C)[C@@H](CC(C)C)C(=O)N(C)[C@@H](C(C)C)C(=O)N1C. The zero-order valence-corrected chi connectivity index (χ0v) is 60.7. The normalized spacial score (nSPS) is 26.5. The van der Waals surface area contributed by atoms with E-state index in [1.807, 2.05) is 55.4 Å². The van der Waals surface area contributed by atoms with Gasteiger partial charge in [0.1, 0.15) is 60.4 Å². The molecule has 0 saturated carbocycles. The van der Waals surface area contributed by atoms with Crippen LogP contribution < -0.4 is 32.7 Å². The second kappa shape index (κ2) is 38.6. The number of amides is 11. The second-order valence-electron chi connectivity index (χ2n) is 27.3. The van der Waals surface area contributed by atoms with Crippen molar-refractivity contribution in [3.05, 3.63) is 12.2 Å². The summed E-state index contributed by atoms with van der Waals surface area (Å²) in [5.74, 6) is -10.4. The van der Waals surface area contributed by atoms with Gasteiger partial charge in [-0.1, -0.05) is 109 Å². The molecule has 0 unspecified atom stereocenters. The van der Waals surface area contributed by atoms with Crippen LogP contribution in [0.1, 0.15) is 156 Å². The number of nitrogens with zero attached hydrogens (tertiary/aromatic N) is 8. The Morgan fingerprint density at radius 3 is 1.37 bits per heavy atom. The molecule has 526 valence electrons. The van der Waals surface area contributed by atoms with Crippen molar-refractivity contribution in [1.82, 2.24) is 55.6 Å². The van der Waals surface area contributed by atoms with E-state index in [0.717, 1.165) is 21.6 Å². The van der Waals surface area contributed by atoms with Crippen LogP contribution in [0.2, 0.25) is 0 Å². The van der Waals surface area contributed by atoms with Gasteiger partial charge in [0.15, 0.2) is 11.3 Å². The number of allylic oxidation sites excluding steroid dienone is 2. The van der Waals surface area contributed by atoms with E-state index >= 15 is 28.8 Å². The fourth-order valence-electron chi connectivity index (χ4n) is 11.2. The van der Waals surface area contributed by atoms with Crippen LogP contribution >= 0.6 is 11.8 Å². The first-order valence-corrected chi connectivity index (χ1v) is 33.6. The van der Waals surface area contributed by atoms with Gasteiger partial charge in [0.05, 0.1) is 12.6 Å². The predicted octanol–water partition coefficient (Wildman–Crippen LogP) is 2.60. The van der Waals surface area contributed by atoms with E-state index in [1.165, 1.54) is 87.7 Å². The summed E-state index contributed by atoms with van der Waals surface area (Å²) in [5, 5.41) is 21.9. The van der Waals surface area contributed by atoms with Crippen molar-refractivity contribution in [2.75, 3.05) is 61.6 Å². The highest BCUT2D eigenvalue weighted by atomic mass is 32.2. The zero-order valence-electron chi connectivity index (χ0n) is 59.9. The number of carbonyl (C=O) groups excluding carboxylic acids is 11. The van der Waals surface area contributed by atoms with E-state index in [1.54, 1.807) is 60.6 Å². The Morgan fingerprint density at radius 2 is 0.924 bits per heavy atom. The lowest BCUT2D eigenvalue weighted by atomic mass is 9.91. The van der Waals surface area contributed by atoms with Crippen LogP contribution in [0.3, 0.4) is 0 Å². The van der Waals surface area contributed by atoms with E-state index in [-0.39, 0.29) is 80.5 Å². The highest BCUT2D eigenvalue weighted by Gasteiger charge is 2.46. The van der Waals surface area contributed by atoms with Crippen molar-refractivity contribution >= 4 is 82.7 Å². The molecule has 1 fully saturated rings. The maximum Gasteiger partial charge on any atom is 0.256 e. The summed E-state index contributed by atoms with van der Waals surface area (Å²) >= 11 is 0.992. The molecule has 0 bridgehead atoms. The molecular formula is C65H118N14O12S. The second-order valence-corrected chi connectivity index (χ2v) is 28.5. The lowest BCUT2D eigenvalue weighted by Gasteiger charge is -2.41. The lowest BCUT2D eigenvalue weighted by molar-refractivity contribution is -0.157. The third-order valence-electron chi connectivity index (χ3n) is 16.9.